The highest BCUT2D eigenvalue weighted by atomic mass is 16.5. The van der Waals surface area contributed by atoms with Gasteiger partial charge in [0.25, 0.3) is 0 Å². The molecule has 164 valence electrons. The lowest BCUT2D eigenvalue weighted by Gasteiger charge is -2.22. The van der Waals surface area contributed by atoms with Gasteiger partial charge in [0.2, 0.25) is 0 Å². The predicted octanol–water partition coefficient (Wildman–Crippen LogP) is 3.13. The molecule has 0 amide bonds. The van der Waals surface area contributed by atoms with E-state index in [-0.39, 0.29) is 0 Å². The zero-order valence-corrected chi connectivity index (χ0v) is 18.5. The molecule has 0 atom stereocenters. The highest BCUT2D eigenvalue weighted by Crippen LogP contribution is 2.17. The summed E-state index contributed by atoms with van der Waals surface area (Å²) in [5.41, 5.74) is 4.36. The van der Waals surface area contributed by atoms with Crippen molar-refractivity contribution in [3.8, 4) is 5.69 Å². The number of ether oxygens (including phenoxy) is 2. The smallest absolute Gasteiger partial charge is 0.191 e. The van der Waals surface area contributed by atoms with E-state index in [1.807, 2.05) is 23.7 Å². The molecule has 0 spiro atoms. The van der Waals surface area contributed by atoms with Crippen LogP contribution in [0.15, 0.2) is 35.3 Å². The first-order valence-corrected chi connectivity index (χ1v) is 11.0. The minimum absolute atomic E-state index is 0.353. The molecule has 1 fully saturated rings. The van der Waals surface area contributed by atoms with E-state index < -0.39 is 0 Å². The van der Waals surface area contributed by atoms with Crippen molar-refractivity contribution >= 4 is 5.96 Å². The first-order chi connectivity index (χ1) is 14.7. The Bertz CT molecular complexity index is 812. The number of hydrogen-bond acceptors (Lipinski definition) is 4. The Morgan fingerprint density at radius 3 is 2.77 bits per heavy atom. The van der Waals surface area contributed by atoms with Crippen LogP contribution in [-0.2, 0) is 16.0 Å². The quantitative estimate of drug-likeness (QED) is 0.375. The van der Waals surface area contributed by atoms with Gasteiger partial charge in [-0.25, -0.2) is 9.67 Å². The maximum Gasteiger partial charge on any atom is 0.191 e. The largest absolute Gasteiger partial charge is 0.381 e. The van der Waals surface area contributed by atoms with Gasteiger partial charge in [0, 0.05) is 38.6 Å². The third-order valence-corrected chi connectivity index (χ3v) is 5.12. The van der Waals surface area contributed by atoms with Crippen LogP contribution in [0, 0.1) is 13.8 Å². The lowest BCUT2D eigenvalue weighted by atomic mass is 10.1. The third-order valence-electron chi connectivity index (χ3n) is 5.12. The predicted molar refractivity (Wildman–Crippen MR) is 120 cm³/mol. The topological polar surface area (TPSA) is 72.7 Å². The molecule has 2 heterocycles. The Kier molecular flexibility index (Phi) is 8.71. The number of rotatable bonds is 9. The SMILES string of the molecule is CCNC(=NCc1ccccc1-n1nc(C)cc1C)NCCCOC1CCOCC1. The number of aromatic nitrogens is 2. The summed E-state index contributed by atoms with van der Waals surface area (Å²) in [6.07, 6.45) is 3.31. The van der Waals surface area contributed by atoms with Gasteiger partial charge in [0.15, 0.2) is 5.96 Å². The lowest BCUT2D eigenvalue weighted by Crippen LogP contribution is -2.38. The number of aryl methyl sites for hydroxylation is 2. The molecule has 0 radical (unpaired) electrons. The van der Waals surface area contributed by atoms with Crippen molar-refractivity contribution in [3.05, 3.63) is 47.3 Å². The normalized spacial score (nSPS) is 15.4. The number of hydrogen-bond donors (Lipinski definition) is 2. The number of guanidine groups is 1. The number of para-hydroxylation sites is 1. The zero-order chi connectivity index (χ0) is 21.2. The van der Waals surface area contributed by atoms with Crippen molar-refractivity contribution in [1.29, 1.82) is 0 Å². The van der Waals surface area contributed by atoms with E-state index in [0.717, 1.165) is 80.8 Å². The van der Waals surface area contributed by atoms with Gasteiger partial charge in [-0.1, -0.05) is 18.2 Å². The number of aliphatic imine (C=N–C) groups is 1. The second-order valence-corrected chi connectivity index (χ2v) is 7.63. The molecule has 0 bridgehead atoms. The molecule has 0 aliphatic carbocycles. The summed E-state index contributed by atoms with van der Waals surface area (Å²) >= 11 is 0. The van der Waals surface area contributed by atoms with Crippen molar-refractivity contribution in [3.63, 3.8) is 0 Å². The third kappa shape index (κ3) is 6.57. The van der Waals surface area contributed by atoms with Crippen LogP contribution in [-0.4, -0.2) is 54.8 Å². The van der Waals surface area contributed by atoms with Crippen LogP contribution in [0.5, 0.6) is 0 Å². The number of nitrogens with zero attached hydrogens (tertiary/aromatic N) is 3. The van der Waals surface area contributed by atoms with Crippen LogP contribution in [0.4, 0.5) is 0 Å². The van der Waals surface area contributed by atoms with Crippen molar-refractivity contribution in [1.82, 2.24) is 20.4 Å². The Balaban J connectivity index is 1.54. The Labute approximate surface area is 179 Å². The Morgan fingerprint density at radius 1 is 1.23 bits per heavy atom. The fraction of sp³-hybridized carbons (Fsp3) is 0.565. The summed E-state index contributed by atoms with van der Waals surface area (Å²) in [6, 6.07) is 10.4. The van der Waals surface area contributed by atoms with Gasteiger partial charge in [-0.05, 0) is 57.7 Å². The molecule has 1 aliphatic heterocycles. The molecular weight excluding hydrogens is 378 g/mol. The summed E-state index contributed by atoms with van der Waals surface area (Å²) in [5, 5.41) is 11.4. The molecule has 1 saturated heterocycles. The monoisotopic (exact) mass is 413 g/mol. The molecule has 1 aromatic heterocycles. The van der Waals surface area contributed by atoms with E-state index in [1.54, 1.807) is 0 Å². The Morgan fingerprint density at radius 2 is 2.03 bits per heavy atom. The van der Waals surface area contributed by atoms with Gasteiger partial charge in [0.1, 0.15) is 0 Å². The second kappa shape index (κ2) is 11.7. The first-order valence-electron chi connectivity index (χ1n) is 11.0. The standard InChI is InChI=1S/C23H35N5O2/c1-4-24-23(25-12-7-13-30-21-10-14-29-15-11-21)26-17-20-8-5-6-9-22(20)28-19(3)16-18(2)27-28/h5-6,8-9,16,21H,4,7,10-15,17H2,1-3H3,(H2,24,25,26). The average molecular weight is 414 g/mol. The minimum Gasteiger partial charge on any atom is -0.381 e. The Hall–Kier alpha value is -2.38. The molecule has 2 aromatic rings. The fourth-order valence-corrected chi connectivity index (χ4v) is 3.60. The lowest BCUT2D eigenvalue weighted by molar-refractivity contribution is -0.0320. The van der Waals surface area contributed by atoms with Gasteiger partial charge in [-0.15, -0.1) is 0 Å². The summed E-state index contributed by atoms with van der Waals surface area (Å²) in [4.78, 5) is 4.79. The van der Waals surface area contributed by atoms with Gasteiger partial charge in [0.05, 0.1) is 24.0 Å². The second-order valence-electron chi connectivity index (χ2n) is 7.63. The van der Waals surface area contributed by atoms with Gasteiger partial charge >= 0.3 is 0 Å². The fourth-order valence-electron chi connectivity index (χ4n) is 3.60. The van der Waals surface area contributed by atoms with Crippen molar-refractivity contribution < 1.29 is 9.47 Å². The van der Waals surface area contributed by atoms with Gasteiger partial charge < -0.3 is 20.1 Å². The summed E-state index contributed by atoms with van der Waals surface area (Å²) in [6.45, 7) is 10.8. The number of benzene rings is 1. The molecule has 2 N–H and O–H groups in total. The van der Waals surface area contributed by atoms with Gasteiger partial charge in [-0.2, -0.15) is 5.10 Å². The molecule has 3 rings (SSSR count). The highest BCUT2D eigenvalue weighted by molar-refractivity contribution is 5.79. The van der Waals surface area contributed by atoms with Crippen molar-refractivity contribution in [2.75, 3.05) is 32.9 Å². The molecule has 7 heteroatoms. The molecule has 0 unspecified atom stereocenters. The molecular formula is C23H35N5O2. The molecule has 30 heavy (non-hydrogen) atoms. The average Bonchev–Trinajstić information content (AvgIpc) is 3.10. The summed E-state index contributed by atoms with van der Waals surface area (Å²) in [5.74, 6) is 0.826. The molecule has 1 aromatic carbocycles. The van der Waals surface area contributed by atoms with Gasteiger partial charge in [-0.3, -0.25) is 0 Å². The van der Waals surface area contributed by atoms with Crippen LogP contribution in [0.25, 0.3) is 5.69 Å². The summed E-state index contributed by atoms with van der Waals surface area (Å²) in [7, 11) is 0. The molecule has 7 nitrogen and oxygen atoms in total. The maximum atomic E-state index is 5.94. The van der Waals surface area contributed by atoms with E-state index in [1.165, 1.54) is 0 Å². The van der Waals surface area contributed by atoms with E-state index in [0.29, 0.717) is 12.6 Å². The number of nitrogens with one attached hydrogen (secondary N) is 2. The minimum atomic E-state index is 0.353. The van der Waals surface area contributed by atoms with Crippen molar-refractivity contribution in [2.45, 2.75) is 52.7 Å². The molecule has 0 saturated carbocycles. The van der Waals surface area contributed by atoms with E-state index in [9.17, 15) is 0 Å². The van der Waals surface area contributed by atoms with E-state index in [2.05, 4.69) is 47.8 Å². The van der Waals surface area contributed by atoms with Crippen molar-refractivity contribution in [2.24, 2.45) is 4.99 Å². The van der Waals surface area contributed by atoms with Crippen LogP contribution in [0.3, 0.4) is 0 Å². The molecule has 1 aliphatic rings. The highest BCUT2D eigenvalue weighted by Gasteiger charge is 2.13. The van der Waals surface area contributed by atoms with E-state index in [4.69, 9.17) is 14.5 Å². The first kappa shape index (κ1) is 22.3. The zero-order valence-electron chi connectivity index (χ0n) is 18.5. The van der Waals surface area contributed by atoms with Crippen LogP contribution >= 0.6 is 0 Å². The van der Waals surface area contributed by atoms with Crippen LogP contribution in [0.2, 0.25) is 0 Å². The maximum absolute atomic E-state index is 5.94. The summed E-state index contributed by atoms with van der Waals surface area (Å²) < 4.78 is 13.3. The van der Waals surface area contributed by atoms with Crippen LogP contribution < -0.4 is 10.6 Å². The van der Waals surface area contributed by atoms with Crippen LogP contribution in [0.1, 0.15) is 43.1 Å². The van der Waals surface area contributed by atoms with E-state index >= 15 is 0 Å².